The van der Waals surface area contributed by atoms with Gasteiger partial charge in [0, 0.05) is 81.6 Å². The highest BCUT2D eigenvalue weighted by molar-refractivity contribution is 6.13. The molecule has 0 spiro atoms. The normalized spacial score (nSPS) is 17.5. The molecule has 2 saturated heterocycles. The number of methoxy groups -OCH3 is 2. The van der Waals surface area contributed by atoms with Gasteiger partial charge in [-0.2, -0.15) is 0 Å². The lowest BCUT2D eigenvalue weighted by Crippen LogP contribution is -2.53. The van der Waals surface area contributed by atoms with E-state index in [9.17, 15) is 48.3 Å². The van der Waals surface area contributed by atoms with Crippen molar-refractivity contribution >= 4 is 76.6 Å². The number of benzene rings is 4. The third kappa shape index (κ3) is 19.0. The number of nitrogens with one attached hydrogen (secondary N) is 4. The van der Waals surface area contributed by atoms with E-state index in [2.05, 4.69) is 39.4 Å². The van der Waals surface area contributed by atoms with Gasteiger partial charge in [-0.15, -0.1) is 0 Å². The van der Waals surface area contributed by atoms with Crippen LogP contribution in [0.25, 0.3) is 0 Å². The fraction of sp³-hybridized carbons (Fsp3) is 0.429. The molecule has 4 aromatic carbocycles. The standard InChI is InChI=1S/C70H84N10O17/c1-44-33-49-40-73-53-38-59(57(91-3)36-50(53)67(87)78(49)41-44)95-27-11-6-12-28-96-60-39-55-51(37-58(60)92-4)68(88)79-42-45(2)34-56(79)69(89)80(55)70(90)97-43-47-16-18-48(19-17-47)74-65(85)52(15-9-10-24-71)76-66(86)54(35-46-13-7-5-8-14-46)75-62(82)23-29-93-31-32-94-30-25-72-61(81)22-26-77-63(83)20-21-64(77)84/h5,7-8,13-14,16-21,36-40,49,52,54,56,69,89H,1-2,6,9-12,15,22-35,41-43,71H2,3-4H3,(H,72,81)(H,74,85)(H,75,82)(H,76,86). The number of carbonyl (C=O) groups excluding carboxylic acids is 9. The Morgan fingerprint density at radius 3 is 2.03 bits per heavy atom. The van der Waals surface area contributed by atoms with Gasteiger partial charge in [0.25, 0.3) is 23.6 Å². The zero-order valence-corrected chi connectivity index (χ0v) is 54.6. The summed E-state index contributed by atoms with van der Waals surface area (Å²) < 4.78 is 40.7. The first-order valence-corrected chi connectivity index (χ1v) is 32.5. The number of aliphatic hydroxyl groups is 1. The van der Waals surface area contributed by atoms with E-state index in [0.717, 1.165) is 33.1 Å². The summed E-state index contributed by atoms with van der Waals surface area (Å²) in [5.74, 6) is -2.11. The fourth-order valence-electron chi connectivity index (χ4n) is 11.7. The van der Waals surface area contributed by atoms with E-state index < -0.39 is 65.9 Å². The predicted octanol–water partition coefficient (Wildman–Crippen LogP) is 5.20. The summed E-state index contributed by atoms with van der Waals surface area (Å²) in [5, 5.41) is 23.2. The van der Waals surface area contributed by atoms with Crippen molar-refractivity contribution in [1.82, 2.24) is 30.7 Å². The molecule has 5 aliphatic rings. The Bertz CT molecular complexity index is 3600. The molecule has 0 aliphatic carbocycles. The molecule has 9 rings (SSSR count). The lowest BCUT2D eigenvalue weighted by molar-refractivity contribution is -0.137. The number of nitrogens with zero attached hydrogens (tertiary/aromatic N) is 5. The van der Waals surface area contributed by atoms with E-state index in [0.29, 0.717) is 97.8 Å². The molecule has 27 heteroatoms. The van der Waals surface area contributed by atoms with Gasteiger partial charge in [-0.1, -0.05) is 66.8 Å². The smallest absolute Gasteiger partial charge is 0.416 e. The number of ether oxygens (including phenoxy) is 7. The SMILES string of the molecule is C=C1CC2C=Nc3cc(OCCCCCOc4cc5c(cc4OC)C(=O)N4CC(=C)CC4C(O)N5C(=O)OCc4ccc(NC(=O)C(CCCCN)NC(=O)C(Cc5ccccc5)NC(=O)CCOCCOCCNC(=O)CCN5C(=O)C=CC5=O)cc4)c(OC)cc3C(=O)N2C1. The summed E-state index contributed by atoms with van der Waals surface area (Å²) in [5.41, 5.74) is 10.2. The first-order valence-electron chi connectivity index (χ1n) is 32.5. The van der Waals surface area contributed by atoms with Gasteiger partial charge in [-0.25, -0.2) is 9.69 Å². The highest BCUT2D eigenvalue weighted by atomic mass is 16.6. The second-order valence-electron chi connectivity index (χ2n) is 23.9. The zero-order valence-electron chi connectivity index (χ0n) is 54.6. The Kier molecular flexibility index (Phi) is 25.5. The van der Waals surface area contributed by atoms with Crippen LogP contribution in [0, 0.1) is 0 Å². The minimum Gasteiger partial charge on any atom is -0.493 e. The summed E-state index contributed by atoms with van der Waals surface area (Å²) in [6.07, 6.45) is 5.66. The van der Waals surface area contributed by atoms with Crippen molar-refractivity contribution in [3.8, 4) is 23.0 Å². The van der Waals surface area contributed by atoms with Crippen LogP contribution in [-0.2, 0) is 56.0 Å². The third-order valence-corrected chi connectivity index (χ3v) is 16.9. The lowest BCUT2D eigenvalue weighted by Gasteiger charge is -2.31. The molecule has 97 heavy (non-hydrogen) atoms. The fourth-order valence-corrected chi connectivity index (χ4v) is 11.7. The van der Waals surface area contributed by atoms with Crippen molar-refractivity contribution < 1.29 is 81.4 Å². The summed E-state index contributed by atoms with van der Waals surface area (Å²) >= 11 is 0. The van der Waals surface area contributed by atoms with Gasteiger partial charge in [0.1, 0.15) is 18.7 Å². The number of aliphatic imine (C=N–C) groups is 1. The van der Waals surface area contributed by atoms with E-state index in [1.54, 1.807) is 47.5 Å². The van der Waals surface area contributed by atoms with E-state index >= 15 is 0 Å². The van der Waals surface area contributed by atoms with Crippen molar-refractivity contribution in [3.63, 3.8) is 0 Å². The molecule has 0 saturated carbocycles. The van der Waals surface area contributed by atoms with Gasteiger partial charge < -0.3 is 75.1 Å². The molecule has 27 nitrogen and oxygen atoms in total. The van der Waals surface area contributed by atoms with Gasteiger partial charge in [-0.3, -0.25) is 48.2 Å². The van der Waals surface area contributed by atoms with Crippen molar-refractivity contribution in [2.24, 2.45) is 10.7 Å². The maximum atomic E-state index is 14.4. The molecular formula is C70H84N10O17. The quantitative estimate of drug-likeness (QED) is 0.0196. The molecule has 4 aromatic rings. The maximum Gasteiger partial charge on any atom is 0.416 e. The Morgan fingerprint density at radius 1 is 0.670 bits per heavy atom. The zero-order chi connectivity index (χ0) is 69.0. The third-order valence-electron chi connectivity index (χ3n) is 16.9. The molecule has 5 aliphatic heterocycles. The summed E-state index contributed by atoms with van der Waals surface area (Å²) in [6.45, 7) is 10.1. The number of anilines is 2. The van der Waals surface area contributed by atoms with Crippen LogP contribution in [0.2, 0.25) is 0 Å². The number of amides is 9. The van der Waals surface area contributed by atoms with Crippen molar-refractivity contribution in [2.75, 3.05) is 96.8 Å². The number of fused-ring (bicyclic) bond motifs is 4. The summed E-state index contributed by atoms with van der Waals surface area (Å²) in [6, 6.07) is 18.8. The Morgan fingerprint density at radius 2 is 1.33 bits per heavy atom. The number of carbonyl (C=O) groups is 9. The average Bonchev–Trinajstić information content (AvgIpc) is 1.62. The van der Waals surface area contributed by atoms with E-state index in [-0.39, 0.29) is 132 Å². The maximum absolute atomic E-state index is 14.4. The number of hydrogen-bond donors (Lipinski definition) is 6. The number of hydrogen-bond acceptors (Lipinski definition) is 19. The molecule has 9 amide bonds. The first-order chi connectivity index (χ1) is 46.9. The second-order valence-corrected chi connectivity index (χ2v) is 23.9. The summed E-state index contributed by atoms with van der Waals surface area (Å²) in [4.78, 5) is 129. The van der Waals surface area contributed by atoms with Crippen molar-refractivity contribution in [3.05, 3.63) is 138 Å². The molecule has 0 aromatic heterocycles. The molecule has 5 atom stereocenters. The Balaban J connectivity index is 0.760. The van der Waals surface area contributed by atoms with Crippen LogP contribution in [0.1, 0.15) is 96.1 Å². The van der Waals surface area contributed by atoms with Gasteiger partial charge in [0.15, 0.2) is 29.2 Å². The molecule has 5 unspecified atom stereocenters. The lowest BCUT2D eigenvalue weighted by atomic mass is 10.0. The highest BCUT2D eigenvalue weighted by Crippen LogP contribution is 2.43. The van der Waals surface area contributed by atoms with Crippen LogP contribution in [0.5, 0.6) is 23.0 Å². The molecule has 0 radical (unpaired) electrons. The van der Waals surface area contributed by atoms with Crippen molar-refractivity contribution in [1.29, 1.82) is 0 Å². The topological polar surface area (TPSA) is 338 Å². The van der Waals surface area contributed by atoms with Crippen LogP contribution in [0.4, 0.5) is 21.9 Å². The molecular weight excluding hydrogens is 1250 g/mol. The van der Waals surface area contributed by atoms with E-state index in [4.69, 9.17) is 38.9 Å². The van der Waals surface area contributed by atoms with Gasteiger partial charge in [0.05, 0.1) is 88.4 Å². The summed E-state index contributed by atoms with van der Waals surface area (Å²) in [7, 11) is 2.95. The monoisotopic (exact) mass is 1340 g/mol. The number of rotatable bonds is 35. The largest absolute Gasteiger partial charge is 0.493 e. The Labute approximate surface area is 562 Å². The van der Waals surface area contributed by atoms with Gasteiger partial charge >= 0.3 is 6.09 Å². The molecule has 2 fully saturated rings. The van der Waals surface area contributed by atoms with Crippen molar-refractivity contribution in [2.45, 2.75) is 108 Å². The first kappa shape index (κ1) is 71.3. The minimum absolute atomic E-state index is 0.0132. The average molecular weight is 1340 g/mol. The molecule has 5 heterocycles. The number of unbranched alkanes of at least 4 members (excludes halogenated alkanes) is 3. The number of aliphatic hydroxyl groups excluding tert-OH is 1. The molecule has 7 N–H and O–H groups in total. The van der Waals surface area contributed by atoms with Crippen LogP contribution in [0.15, 0.2) is 120 Å². The van der Waals surface area contributed by atoms with Crippen LogP contribution in [-0.4, -0.2) is 196 Å². The second kappa shape index (κ2) is 34.6. The number of nitrogens with two attached hydrogens (primary N) is 1. The highest BCUT2D eigenvalue weighted by Gasteiger charge is 2.47. The van der Waals surface area contributed by atoms with Gasteiger partial charge in [0.2, 0.25) is 23.6 Å². The van der Waals surface area contributed by atoms with E-state index in [1.807, 2.05) is 30.3 Å². The van der Waals surface area contributed by atoms with Crippen LogP contribution < -0.4 is 50.8 Å². The molecule has 516 valence electrons. The molecule has 0 bridgehead atoms. The van der Waals surface area contributed by atoms with Crippen LogP contribution >= 0.6 is 0 Å². The van der Waals surface area contributed by atoms with Crippen LogP contribution in [0.3, 0.4) is 0 Å². The predicted molar refractivity (Wildman–Crippen MR) is 357 cm³/mol. The Hall–Kier alpha value is -9.96. The van der Waals surface area contributed by atoms with Gasteiger partial charge in [-0.05, 0) is 93.3 Å². The number of imide groups is 1. The van der Waals surface area contributed by atoms with E-state index in [1.165, 1.54) is 31.3 Å². The minimum atomic E-state index is -1.55.